The number of carbonyl (C=O) groups excluding carboxylic acids is 1. The molecule has 0 saturated carbocycles. The second-order valence-electron chi connectivity index (χ2n) is 5.34. The van der Waals surface area contributed by atoms with E-state index in [1.807, 2.05) is 60.7 Å². The number of hydrogen-bond donors (Lipinski definition) is 1. The van der Waals surface area contributed by atoms with Gasteiger partial charge in [-0.15, -0.1) is 0 Å². The van der Waals surface area contributed by atoms with Crippen LogP contribution in [0.3, 0.4) is 0 Å². The fourth-order valence-electron chi connectivity index (χ4n) is 2.73. The van der Waals surface area contributed by atoms with E-state index in [1.54, 1.807) is 7.11 Å². The molecule has 4 nitrogen and oxygen atoms in total. The van der Waals surface area contributed by atoms with Crippen LogP contribution in [0.5, 0.6) is 5.75 Å². The predicted molar refractivity (Wildman–Crippen MR) is 87.4 cm³/mol. The average molecular weight is 304 g/mol. The molecule has 0 aromatic heterocycles. The highest BCUT2D eigenvalue weighted by Gasteiger charge is 2.33. The third kappa shape index (κ3) is 2.95. The Morgan fingerprint density at radius 3 is 2.39 bits per heavy atom. The summed E-state index contributed by atoms with van der Waals surface area (Å²) in [6, 6.07) is 19.2. The van der Waals surface area contributed by atoms with Crippen LogP contribution in [0.1, 0.15) is 17.0 Å². The van der Waals surface area contributed by atoms with Gasteiger partial charge in [0.25, 0.3) is 0 Å². The van der Waals surface area contributed by atoms with E-state index in [2.05, 4.69) is 11.4 Å². The Kier molecular flexibility index (Phi) is 4.11. The minimum atomic E-state index is -0.740. The molecule has 1 aliphatic heterocycles. The van der Waals surface area contributed by atoms with E-state index in [0.29, 0.717) is 0 Å². The van der Waals surface area contributed by atoms with Gasteiger partial charge in [-0.3, -0.25) is 4.79 Å². The summed E-state index contributed by atoms with van der Waals surface area (Å²) in [5, 5.41) is 12.2. The van der Waals surface area contributed by atoms with Crippen molar-refractivity contribution in [3.05, 3.63) is 71.8 Å². The summed E-state index contributed by atoms with van der Waals surface area (Å²) in [4.78, 5) is 12.3. The van der Waals surface area contributed by atoms with Crippen molar-refractivity contribution in [3.63, 3.8) is 0 Å². The van der Waals surface area contributed by atoms with Gasteiger partial charge in [0.15, 0.2) is 0 Å². The summed E-state index contributed by atoms with van der Waals surface area (Å²) in [6.45, 7) is 0. The van der Waals surface area contributed by atoms with Crippen LogP contribution in [0.25, 0.3) is 5.70 Å². The van der Waals surface area contributed by atoms with Crippen LogP contribution >= 0.6 is 0 Å². The van der Waals surface area contributed by atoms with Crippen molar-refractivity contribution < 1.29 is 9.53 Å². The topological polar surface area (TPSA) is 62.1 Å². The molecule has 23 heavy (non-hydrogen) atoms. The predicted octanol–water partition coefficient (Wildman–Crippen LogP) is 3.09. The zero-order chi connectivity index (χ0) is 16.2. The Bertz CT molecular complexity index is 773. The molecule has 1 N–H and O–H groups in total. The number of ether oxygens (including phenoxy) is 1. The maximum atomic E-state index is 12.3. The molecule has 4 heteroatoms. The number of amides is 1. The molecule has 1 amide bonds. The van der Waals surface area contributed by atoms with Crippen molar-refractivity contribution in [1.82, 2.24) is 5.32 Å². The first kappa shape index (κ1) is 14.9. The van der Waals surface area contributed by atoms with Crippen LogP contribution in [-0.2, 0) is 4.79 Å². The summed E-state index contributed by atoms with van der Waals surface area (Å²) in [5.41, 5.74) is 2.58. The van der Waals surface area contributed by atoms with Gasteiger partial charge in [-0.1, -0.05) is 48.5 Å². The quantitative estimate of drug-likeness (QED) is 0.948. The van der Waals surface area contributed by atoms with Gasteiger partial charge in [0.2, 0.25) is 5.91 Å². The van der Waals surface area contributed by atoms with Crippen LogP contribution in [0.15, 0.2) is 60.7 Å². The smallest absolute Gasteiger partial charge is 0.242 e. The largest absolute Gasteiger partial charge is 0.497 e. The lowest BCUT2D eigenvalue weighted by atomic mass is 9.82. The Labute approximate surface area is 135 Å². The number of carbonyl (C=O) groups is 1. The molecule has 0 fully saturated rings. The van der Waals surface area contributed by atoms with Gasteiger partial charge in [0.1, 0.15) is 11.7 Å². The highest BCUT2D eigenvalue weighted by atomic mass is 16.5. The van der Waals surface area contributed by atoms with Crippen molar-refractivity contribution in [2.24, 2.45) is 5.92 Å². The van der Waals surface area contributed by atoms with Crippen molar-refractivity contribution in [2.75, 3.05) is 7.11 Å². The summed E-state index contributed by atoms with van der Waals surface area (Å²) in [7, 11) is 1.61. The van der Waals surface area contributed by atoms with Gasteiger partial charge < -0.3 is 10.1 Å². The molecular weight excluding hydrogens is 288 g/mol. The van der Waals surface area contributed by atoms with Gasteiger partial charge in [-0.05, 0) is 23.3 Å². The minimum absolute atomic E-state index is 0.269. The van der Waals surface area contributed by atoms with Gasteiger partial charge in [-0.2, -0.15) is 5.26 Å². The first-order valence-electron chi connectivity index (χ1n) is 7.34. The van der Waals surface area contributed by atoms with E-state index in [4.69, 9.17) is 4.74 Å². The first-order chi connectivity index (χ1) is 11.2. The number of nitrogens with zero attached hydrogens (tertiary/aromatic N) is 1. The van der Waals surface area contributed by atoms with Crippen molar-refractivity contribution in [3.8, 4) is 11.8 Å². The average Bonchev–Trinajstić information content (AvgIpc) is 2.62. The molecule has 3 rings (SSSR count). The molecule has 0 bridgehead atoms. The zero-order valence-electron chi connectivity index (χ0n) is 12.7. The second-order valence-corrected chi connectivity index (χ2v) is 5.34. The lowest BCUT2D eigenvalue weighted by Crippen LogP contribution is -2.36. The van der Waals surface area contributed by atoms with Crippen LogP contribution in [0.4, 0.5) is 0 Å². The lowest BCUT2D eigenvalue weighted by Gasteiger charge is -2.26. The molecule has 0 aliphatic carbocycles. The molecule has 0 saturated heterocycles. The number of nitriles is 1. The van der Waals surface area contributed by atoms with Gasteiger partial charge in [0, 0.05) is 11.6 Å². The Hall–Kier alpha value is -3.06. The summed E-state index contributed by atoms with van der Waals surface area (Å²) in [6.07, 6.45) is 1.95. The van der Waals surface area contributed by atoms with Crippen molar-refractivity contribution >= 4 is 11.6 Å². The molecule has 2 unspecified atom stereocenters. The number of nitrogens with one attached hydrogen (secondary N) is 1. The number of rotatable bonds is 3. The summed E-state index contributed by atoms with van der Waals surface area (Å²) in [5.74, 6) is -0.546. The Morgan fingerprint density at radius 2 is 1.78 bits per heavy atom. The zero-order valence-corrected chi connectivity index (χ0v) is 12.7. The van der Waals surface area contributed by atoms with E-state index < -0.39 is 5.92 Å². The molecule has 1 aliphatic rings. The van der Waals surface area contributed by atoms with Crippen molar-refractivity contribution in [1.29, 1.82) is 5.26 Å². The number of hydrogen-bond acceptors (Lipinski definition) is 3. The highest BCUT2D eigenvalue weighted by Crippen LogP contribution is 2.33. The lowest BCUT2D eigenvalue weighted by molar-refractivity contribution is -0.122. The minimum Gasteiger partial charge on any atom is -0.497 e. The summed E-state index contributed by atoms with van der Waals surface area (Å²) >= 11 is 0. The van der Waals surface area contributed by atoms with E-state index >= 15 is 0 Å². The standard InChI is InChI=1S/C19H16N2O2/c1-23-15-9-7-13(8-10-15)16-11-18(14-5-3-2-4-6-14)21-19(22)17(16)12-20/h2-11,16-17H,1H3,(H,21,22). The molecule has 0 radical (unpaired) electrons. The van der Waals surface area contributed by atoms with Gasteiger partial charge in [0.05, 0.1) is 13.2 Å². The molecule has 0 spiro atoms. The monoisotopic (exact) mass is 304 g/mol. The molecule has 114 valence electrons. The number of methoxy groups -OCH3 is 1. The van der Waals surface area contributed by atoms with E-state index in [-0.39, 0.29) is 11.8 Å². The third-order valence-electron chi connectivity index (χ3n) is 3.97. The van der Waals surface area contributed by atoms with Crippen LogP contribution in [0.2, 0.25) is 0 Å². The highest BCUT2D eigenvalue weighted by molar-refractivity contribution is 5.93. The van der Waals surface area contributed by atoms with Crippen LogP contribution in [-0.4, -0.2) is 13.0 Å². The first-order valence-corrected chi connectivity index (χ1v) is 7.34. The summed E-state index contributed by atoms with van der Waals surface area (Å²) < 4.78 is 5.16. The normalized spacial score (nSPS) is 20.2. The fraction of sp³-hybridized carbons (Fsp3) is 0.158. The third-order valence-corrected chi connectivity index (χ3v) is 3.97. The van der Waals surface area contributed by atoms with Gasteiger partial charge in [-0.25, -0.2) is 0 Å². The number of benzene rings is 2. The van der Waals surface area contributed by atoms with E-state index in [0.717, 1.165) is 22.6 Å². The SMILES string of the molecule is COc1ccc(C2C=C(c3ccccc3)NC(=O)C2C#N)cc1. The number of allylic oxidation sites excluding steroid dienone is 1. The van der Waals surface area contributed by atoms with Crippen LogP contribution in [0, 0.1) is 17.2 Å². The maximum absolute atomic E-state index is 12.3. The second kappa shape index (κ2) is 6.37. The van der Waals surface area contributed by atoms with Crippen LogP contribution < -0.4 is 10.1 Å². The Balaban J connectivity index is 2.03. The van der Waals surface area contributed by atoms with Gasteiger partial charge >= 0.3 is 0 Å². The molecule has 2 aromatic rings. The fourth-order valence-corrected chi connectivity index (χ4v) is 2.73. The molecular formula is C19H16N2O2. The Morgan fingerprint density at radius 1 is 1.09 bits per heavy atom. The van der Waals surface area contributed by atoms with E-state index in [1.165, 1.54) is 0 Å². The van der Waals surface area contributed by atoms with E-state index in [9.17, 15) is 10.1 Å². The molecule has 2 atom stereocenters. The molecule has 1 heterocycles. The van der Waals surface area contributed by atoms with Crippen molar-refractivity contribution in [2.45, 2.75) is 5.92 Å². The molecule has 2 aromatic carbocycles. The maximum Gasteiger partial charge on any atom is 0.242 e.